The summed E-state index contributed by atoms with van der Waals surface area (Å²) in [5.41, 5.74) is 0.631. The molecule has 1 aliphatic carbocycles. The molecule has 4 fully saturated rings. The van der Waals surface area contributed by atoms with Crippen LogP contribution in [-0.4, -0.2) is 89.2 Å². The molecular weight excluding hydrogens is 942 g/mol. The van der Waals surface area contributed by atoms with Crippen molar-refractivity contribution in [2.24, 2.45) is 16.7 Å². The molecule has 3 aromatic carbocycles. The normalized spacial score (nSPS) is 26.7. The predicted octanol–water partition coefficient (Wildman–Crippen LogP) is 7.82. The summed E-state index contributed by atoms with van der Waals surface area (Å²) in [5, 5.41) is 11.8. The summed E-state index contributed by atoms with van der Waals surface area (Å²) in [7, 11) is 1.42. The summed E-state index contributed by atoms with van der Waals surface area (Å²) in [5.74, 6) is 3.43. The van der Waals surface area contributed by atoms with Gasteiger partial charge in [-0.15, -0.1) is 0 Å². The number of halogens is 5. The first kappa shape index (κ1) is 48.1. The Morgan fingerprint density at radius 1 is 1.06 bits per heavy atom. The topological polar surface area (TPSA) is 162 Å². The fourth-order valence-electron chi connectivity index (χ4n) is 11.8. The monoisotopic (exact) mass is 993 g/mol. The van der Waals surface area contributed by atoms with Gasteiger partial charge in [0, 0.05) is 95.4 Å². The standard InChI is InChI=1S/C53H52ClF4N7O6/c1-50(2,3)23-41-52(26-60-37-21-40(53(56,57)58)59-24-34(37)52)43(33-7-5-8-35(54)44(33)55)45(62-41)47(68)61-36-14-11-29(20-39(36)71-4)48(69)64-18-6-17-51(27-64)22-31(51)12-9-28-10-13-32-30(19-28)25-65(49(32)70)38-15-16-42(66)63-46(38)67/h5,7-8,10-11,13-14,19-21,24,31,38,41,43,45,60,62H,6,15-18,22-23,25-27H2,1-4H3,(H,61,68)(H,63,66,67)/t31-,38?,41-,43-,45+,51-,52-/m0/s1. The van der Waals surface area contributed by atoms with Crippen LogP contribution in [-0.2, 0) is 32.5 Å². The maximum atomic E-state index is 16.4. The van der Waals surface area contributed by atoms with Gasteiger partial charge in [-0.05, 0) is 97.2 Å². The van der Waals surface area contributed by atoms with E-state index in [4.69, 9.17) is 16.3 Å². The fourth-order valence-corrected chi connectivity index (χ4v) is 12.0. The van der Waals surface area contributed by atoms with Gasteiger partial charge in [0.15, 0.2) is 0 Å². The number of carbonyl (C=O) groups excluding carboxylic acids is 5. The molecular formula is C53H52ClF4N7O6. The van der Waals surface area contributed by atoms with Gasteiger partial charge in [-0.1, -0.05) is 56.3 Å². The van der Waals surface area contributed by atoms with Crippen molar-refractivity contribution in [3.05, 3.63) is 117 Å². The average molecular weight is 994 g/mol. The highest BCUT2D eigenvalue weighted by Gasteiger charge is 2.62. The van der Waals surface area contributed by atoms with Crippen molar-refractivity contribution in [1.82, 2.24) is 25.4 Å². The van der Waals surface area contributed by atoms with Crippen molar-refractivity contribution in [1.29, 1.82) is 0 Å². The van der Waals surface area contributed by atoms with Crippen molar-refractivity contribution < 1.29 is 46.3 Å². The predicted molar refractivity (Wildman–Crippen MR) is 255 cm³/mol. The number of hydrogen-bond donors (Lipinski definition) is 4. The Labute approximate surface area is 412 Å². The van der Waals surface area contributed by atoms with E-state index in [-0.39, 0.29) is 88.1 Å². The zero-order valence-corrected chi connectivity index (χ0v) is 40.2. The highest BCUT2D eigenvalue weighted by Crippen LogP contribution is 2.59. The molecule has 3 saturated heterocycles. The third-order valence-electron chi connectivity index (χ3n) is 15.3. The molecule has 370 valence electrons. The van der Waals surface area contributed by atoms with Gasteiger partial charge in [0.25, 0.3) is 11.8 Å². The lowest BCUT2D eigenvalue weighted by atomic mass is 9.63. The first-order chi connectivity index (χ1) is 33.7. The van der Waals surface area contributed by atoms with E-state index >= 15 is 4.39 Å². The van der Waals surface area contributed by atoms with Crippen LogP contribution in [0.1, 0.15) is 114 Å². The molecule has 6 aliphatic rings. The third kappa shape index (κ3) is 8.66. The van der Waals surface area contributed by atoms with Crippen LogP contribution in [0.2, 0.25) is 5.02 Å². The van der Waals surface area contributed by atoms with Crippen LogP contribution in [0.5, 0.6) is 5.75 Å². The van der Waals surface area contributed by atoms with Crippen LogP contribution >= 0.6 is 11.6 Å². The van der Waals surface area contributed by atoms with Crippen LogP contribution in [0.4, 0.5) is 28.9 Å². The Morgan fingerprint density at radius 3 is 2.61 bits per heavy atom. The van der Waals surface area contributed by atoms with E-state index in [0.717, 1.165) is 36.5 Å². The second kappa shape index (κ2) is 17.7. The quantitative estimate of drug-likeness (QED) is 0.0823. The fraction of sp³-hybridized carbons (Fsp3) is 0.434. The zero-order valence-electron chi connectivity index (χ0n) is 39.5. The maximum Gasteiger partial charge on any atom is 0.433 e. The molecule has 4 N–H and O–H groups in total. The summed E-state index contributed by atoms with van der Waals surface area (Å²) in [6.45, 7) is 7.42. The van der Waals surface area contributed by atoms with E-state index in [0.29, 0.717) is 36.2 Å². The summed E-state index contributed by atoms with van der Waals surface area (Å²) >= 11 is 6.38. The van der Waals surface area contributed by atoms with Gasteiger partial charge >= 0.3 is 6.18 Å². The van der Waals surface area contributed by atoms with Crippen LogP contribution in [0.25, 0.3) is 0 Å². The molecule has 2 spiro atoms. The largest absolute Gasteiger partial charge is 0.495 e. The number of nitrogens with zero attached hydrogens (tertiary/aromatic N) is 3. The van der Waals surface area contributed by atoms with E-state index in [9.17, 15) is 37.1 Å². The Hall–Kier alpha value is -6.51. The Bertz CT molecular complexity index is 2990. The number of amides is 5. The number of rotatable bonds is 7. The van der Waals surface area contributed by atoms with Gasteiger partial charge < -0.3 is 30.5 Å². The van der Waals surface area contributed by atoms with Crippen LogP contribution in [0.3, 0.4) is 0 Å². The van der Waals surface area contributed by atoms with Gasteiger partial charge in [-0.25, -0.2) is 4.39 Å². The van der Waals surface area contributed by atoms with Gasteiger partial charge in [0.2, 0.25) is 17.7 Å². The second-order valence-corrected chi connectivity index (χ2v) is 21.4. The van der Waals surface area contributed by atoms with Crippen molar-refractivity contribution in [3.63, 3.8) is 0 Å². The molecule has 0 radical (unpaired) electrons. The molecule has 13 nitrogen and oxygen atoms in total. The summed E-state index contributed by atoms with van der Waals surface area (Å²) in [6.07, 6.45) is -0.0918. The van der Waals surface area contributed by atoms with Crippen LogP contribution in [0.15, 0.2) is 66.9 Å². The van der Waals surface area contributed by atoms with Crippen molar-refractivity contribution in [3.8, 4) is 17.6 Å². The minimum Gasteiger partial charge on any atom is -0.495 e. The molecule has 10 rings (SSSR count). The van der Waals surface area contributed by atoms with Crippen molar-refractivity contribution in [2.75, 3.05) is 37.4 Å². The van der Waals surface area contributed by atoms with Crippen LogP contribution in [0, 0.1) is 34.4 Å². The molecule has 7 atom stereocenters. The zero-order chi connectivity index (χ0) is 50.4. The van der Waals surface area contributed by atoms with Crippen LogP contribution < -0.4 is 26.0 Å². The lowest BCUT2D eigenvalue weighted by molar-refractivity contribution is -0.141. The van der Waals surface area contributed by atoms with Gasteiger partial charge in [-0.3, -0.25) is 34.3 Å². The number of carbonyl (C=O) groups is 5. The molecule has 4 aromatic rings. The number of benzene rings is 3. The molecule has 6 heterocycles. The minimum atomic E-state index is -4.71. The number of anilines is 2. The van der Waals surface area contributed by atoms with Gasteiger partial charge in [-0.2, -0.15) is 13.2 Å². The molecule has 1 unspecified atom stereocenters. The number of alkyl halides is 3. The van der Waals surface area contributed by atoms with E-state index in [1.165, 1.54) is 24.3 Å². The summed E-state index contributed by atoms with van der Waals surface area (Å²) in [6, 6.07) is 13.3. The Balaban J connectivity index is 0.860. The summed E-state index contributed by atoms with van der Waals surface area (Å²) < 4.78 is 63.8. The number of aromatic nitrogens is 1. The highest BCUT2D eigenvalue weighted by molar-refractivity contribution is 6.30. The molecule has 1 aromatic heterocycles. The number of piperidine rings is 2. The maximum absolute atomic E-state index is 16.4. The minimum absolute atomic E-state index is 0.0535. The van der Waals surface area contributed by atoms with E-state index < -0.39 is 59.0 Å². The molecule has 5 aliphatic heterocycles. The van der Waals surface area contributed by atoms with Gasteiger partial charge in [0.05, 0.1) is 23.9 Å². The smallest absolute Gasteiger partial charge is 0.433 e. The number of pyridine rings is 1. The first-order valence-electron chi connectivity index (χ1n) is 23.8. The number of methoxy groups -OCH3 is 1. The van der Waals surface area contributed by atoms with Crippen molar-refractivity contribution >= 4 is 52.5 Å². The Kier molecular flexibility index (Phi) is 12.0. The Morgan fingerprint density at radius 2 is 1.86 bits per heavy atom. The molecule has 5 amide bonds. The number of nitrogens with one attached hydrogen (secondary N) is 4. The molecule has 1 saturated carbocycles. The van der Waals surface area contributed by atoms with Gasteiger partial charge in [0.1, 0.15) is 23.3 Å². The summed E-state index contributed by atoms with van der Waals surface area (Å²) in [4.78, 5) is 73.5. The number of fused-ring (bicyclic) bond motifs is 3. The lowest BCUT2D eigenvalue weighted by Crippen LogP contribution is -2.52. The van der Waals surface area contributed by atoms with Crippen molar-refractivity contribution in [2.45, 2.75) is 101 Å². The van der Waals surface area contributed by atoms with E-state index in [2.05, 4.69) is 38.1 Å². The number of imide groups is 1. The second-order valence-electron chi connectivity index (χ2n) is 21.0. The molecule has 71 heavy (non-hydrogen) atoms. The number of hydrogen-bond acceptors (Lipinski definition) is 9. The first-order valence-corrected chi connectivity index (χ1v) is 24.2. The average Bonchev–Trinajstić information content (AvgIpc) is 3.54. The molecule has 0 bridgehead atoms. The van der Waals surface area contributed by atoms with E-state index in [1.807, 2.05) is 31.7 Å². The number of ether oxygens (including phenoxy) is 1. The molecule has 18 heteroatoms. The van der Waals surface area contributed by atoms with E-state index in [1.54, 1.807) is 42.5 Å². The highest BCUT2D eigenvalue weighted by atomic mass is 35.5. The number of likely N-dealkylation sites (tertiary alicyclic amines) is 1. The third-order valence-corrected chi connectivity index (χ3v) is 15.6. The SMILES string of the molecule is COc1cc(C(=O)N2CCC[C@]3(C[C@@H]3C#Cc3ccc4c(c3)CN(C3CCC(=O)NC3=O)C4=O)C2)ccc1NC(=O)[C@@H]1N[C@@H](CC(C)(C)C)[C@@]2(CNc3cc(C(F)(F)F)ncc32)[C@H]1c1cccc(Cl)c1F. The lowest BCUT2D eigenvalue weighted by Gasteiger charge is -2.39.